The third kappa shape index (κ3) is 4.53. The van der Waals surface area contributed by atoms with Crippen molar-refractivity contribution in [2.75, 3.05) is 24.6 Å². The van der Waals surface area contributed by atoms with E-state index in [9.17, 15) is 8.42 Å². The van der Waals surface area contributed by atoms with Gasteiger partial charge < -0.3 is 5.32 Å². The maximum atomic E-state index is 11.7. The van der Waals surface area contributed by atoms with E-state index in [4.69, 9.17) is 0 Å². The summed E-state index contributed by atoms with van der Waals surface area (Å²) < 4.78 is 23.4. The smallest absolute Gasteiger partial charge is 0.151 e. The van der Waals surface area contributed by atoms with Crippen molar-refractivity contribution in [2.24, 2.45) is 0 Å². The Morgan fingerprint density at radius 3 is 2.62 bits per heavy atom. The molecule has 0 aromatic heterocycles. The molecule has 2 fully saturated rings. The van der Waals surface area contributed by atoms with Crippen LogP contribution in [-0.4, -0.2) is 44.0 Å². The summed E-state index contributed by atoms with van der Waals surface area (Å²) in [6.45, 7) is 3.32. The van der Waals surface area contributed by atoms with Crippen LogP contribution in [0, 0.1) is 0 Å². The molecule has 2 aliphatic rings. The van der Waals surface area contributed by atoms with Gasteiger partial charge in [-0.3, -0.25) is 4.90 Å². The molecule has 3 rings (SSSR count). The summed E-state index contributed by atoms with van der Waals surface area (Å²) in [5, 5.41) is 3.56. The molecule has 116 valence electrons. The van der Waals surface area contributed by atoms with E-state index >= 15 is 0 Å². The van der Waals surface area contributed by atoms with Crippen LogP contribution in [0.3, 0.4) is 0 Å². The van der Waals surface area contributed by atoms with Crippen LogP contribution < -0.4 is 5.32 Å². The summed E-state index contributed by atoms with van der Waals surface area (Å²) >= 11 is 0. The summed E-state index contributed by atoms with van der Waals surface area (Å²) in [6, 6.07) is 9.22. The lowest BCUT2D eigenvalue weighted by Crippen LogP contribution is -2.27. The first-order valence-electron chi connectivity index (χ1n) is 7.85. The van der Waals surface area contributed by atoms with Gasteiger partial charge in [0.1, 0.15) is 0 Å². The predicted molar refractivity (Wildman–Crippen MR) is 84.9 cm³/mol. The van der Waals surface area contributed by atoms with E-state index in [1.807, 2.05) is 0 Å². The first kappa shape index (κ1) is 15.0. The average molecular weight is 308 g/mol. The number of nitrogens with one attached hydrogen (secondary N) is 1. The topological polar surface area (TPSA) is 49.4 Å². The van der Waals surface area contributed by atoms with E-state index in [2.05, 4.69) is 34.5 Å². The quantitative estimate of drug-likeness (QED) is 0.897. The molecule has 1 aliphatic heterocycles. The first-order chi connectivity index (χ1) is 10.1. The normalized spacial score (nSPS) is 22.9. The highest BCUT2D eigenvalue weighted by molar-refractivity contribution is 7.91. The molecule has 0 unspecified atom stereocenters. The molecule has 1 aromatic rings. The number of rotatable bonds is 5. The Bertz CT molecular complexity index is 582. The summed E-state index contributed by atoms with van der Waals surface area (Å²) in [4.78, 5) is 2.28. The van der Waals surface area contributed by atoms with Crippen LogP contribution in [0.15, 0.2) is 24.3 Å². The average Bonchev–Trinajstić information content (AvgIpc) is 3.28. The maximum absolute atomic E-state index is 11.7. The minimum absolute atomic E-state index is 0.301. The highest BCUT2D eigenvalue weighted by Gasteiger charge is 2.22. The van der Waals surface area contributed by atoms with Crippen molar-refractivity contribution < 1.29 is 8.42 Å². The molecule has 0 spiro atoms. The van der Waals surface area contributed by atoms with Crippen molar-refractivity contribution in [3.05, 3.63) is 35.4 Å². The summed E-state index contributed by atoms with van der Waals surface area (Å²) in [5.41, 5.74) is 2.67. The third-order valence-corrected chi connectivity index (χ3v) is 6.03. The lowest BCUT2D eigenvalue weighted by molar-refractivity contribution is 0.286. The van der Waals surface area contributed by atoms with Gasteiger partial charge in [0.05, 0.1) is 11.5 Å². The molecular weight excluding hydrogens is 284 g/mol. The second-order valence-electron chi connectivity index (χ2n) is 6.21. The minimum Gasteiger partial charge on any atom is -0.310 e. The standard InChI is InChI=1S/C16H24N2O2S/c19-21(20)10-3-8-18(9-11-21)13-15-5-2-1-4-14(15)12-17-16-6-7-16/h1-2,4-5,16-17H,3,6-13H2. The minimum atomic E-state index is -2.82. The molecule has 1 saturated carbocycles. The van der Waals surface area contributed by atoms with Crippen molar-refractivity contribution in [3.63, 3.8) is 0 Å². The number of hydrogen-bond donors (Lipinski definition) is 1. The van der Waals surface area contributed by atoms with Crippen LogP contribution in [0.25, 0.3) is 0 Å². The van der Waals surface area contributed by atoms with Gasteiger partial charge in [-0.2, -0.15) is 0 Å². The molecule has 1 saturated heterocycles. The zero-order valence-electron chi connectivity index (χ0n) is 12.4. The third-order valence-electron chi connectivity index (χ3n) is 4.32. The van der Waals surface area contributed by atoms with Crippen molar-refractivity contribution in [3.8, 4) is 0 Å². The van der Waals surface area contributed by atoms with Crippen LogP contribution in [0.2, 0.25) is 0 Å². The summed E-state index contributed by atoms with van der Waals surface area (Å²) in [5.74, 6) is 0.643. The molecule has 1 aromatic carbocycles. The SMILES string of the molecule is O=S1(=O)CCCN(Cc2ccccc2CNC2CC2)CC1. The van der Waals surface area contributed by atoms with Crippen molar-refractivity contribution in [2.45, 2.75) is 38.4 Å². The second kappa shape index (κ2) is 6.46. The van der Waals surface area contributed by atoms with Crippen LogP contribution in [-0.2, 0) is 22.9 Å². The summed E-state index contributed by atoms with van der Waals surface area (Å²) in [7, 11) is -2.82. The fourth-order valence-corrected chi connectivity index (χ4v) is 4.12. The molecule has 4 nitrogen and oxygen atoms in total. The molecule has 5 heteroatoms. The van der Waals surface area contributed by atoms with Gasteiger partial charge >= 0.3 is 0 Å². The Labute approximate surface area is 127 Å². The van der Waals surface area contributed by atoms with Gasteiger partial charge in [-0.05, 0) is 36.9 Å². The molecule has 21 heavy (non-hydrogen) atoms. The molecule has 0 amide bonds. The highest BCUT2D eigenvalue weighted by atomic mass is 32.2. The van der Waals surface area contributed by atoms with E-state index in [0.717, 1.165) is 26.1 Å². The molecule has 1 heterocycles. The zero-order valence-corrected chi connectivity index (χ0v) is 13.2. The molecule has 0 radical (unpaired) electrons. The van der Waals surface area contributed by atoms with E-state index in [1.165, 1.54) is 24.0 Å². The number of nitrogens with zero attached hydrogens (tertiary/aromatic N) is 1. The van der Waals surface area contributed by atoms with Gasteiger partial charge in [0.15, 0.2) is 9.84 Å². The fourth-order valence-electron chi connectivity index (χ4n) is 2.82. The van der Waals surface area contributed by atoms with Crippen LogP contribution in [0.4, 0.5) is 0 Å². The van der Waals surface area contributed by atoms with Gasteiger partial charge in [0.25, 0.3) is 0 Å². The molecule has 1 aliphatic carbocycles. The molecule has 0 atom stereocenters. The van der Waals surface area contributed by atoms with Gasteiger partial charge in [0, 0.05) is 25.7 Å². The van der Waals surface area contributed by atoms with Crippen LogP contribution in [0.5, 0.6) is 0 Å². The van der Waals surface area contributed by atoms with Gasteiger partial charge in [-0.1, -0.05) is 24.3 Å². The number of benzene rings is 1. The van der Waals surface area contributed by atoms with Crippen LogP contribution in [0.1, 0.15) is 30.4 Å². The molecular formula is C16H24N2O2S. The van der Waals surface area contributed by atoms with E-state index in [1.54, 1.807) is 0 Å². The van der Waals surface area contributed by atoms with E-state index < -0.39 is 9.84 Å². The Kier molecular flexibility index (Phi) is 4.62. The Morgan fingerprint density at radius 2 is 1.86 bits per heavy atom. The largest absolute Gasteiger partial charge is 0.310 e. The second-order valence-corrected chi connectivity index (χ2v) is 8.51. The molecule has 0 bridgehead atoms. The Morgan fingerprint density at radius 1 is 1.10 bits per heavy atom. The first-order valence-corrected chi connectivity index (χ1v) is 9.67. The Hall–Kier alpha value is -0.910. The van der Waals surface area contributed by atoms with Gasteiger partial charge in [-0.25, -0.2) is 8.42 Å². The van der Waals surface area contributed by atoms with Crippen molar-refractivity contribution in [1.29, 1.82) is 0 Å². The monoisotopic (exact) mass is 308 g/mol. The molecule has 1 N–H and O–H groups in total. The number of sulfone groups is 1. The summed E-state index contributed by atoms with van der Waals surface area (Å²) in [6.07, 6.45) is 3.35. The maximum Gasteiger partial charge on any atom is 0.151 e. The van der Waals surface area contributed by atoms with Gasteiger partial charge in [-0.15, -0.1) is 0 Å². The lowest BCUT2D eigenvalue weighted by atomic mass is 10.1. The number of hydrogen-bond acceptors (Lipinski definition) is 4. The van der Waals surface area contributed by atoms with E-state index in [0.29, 0.717) is 24.1 Å². The fraction of sp³-hybridized carbons (Fsp3) is 0.625. The zero-order chi connectivity index (χ0) is 14.7. The highest BCUT2D eigenvalue weighted by Crippen LogP contribution is 2.20. The van der Waals surface area contributed by atoms with Gasteiger partial charge in [0.2, 0.25) is 0 Å². The van der Waals surface area contributed by atoms with Crippen molar-refractivity contribution in [1.82, 2.24) is 10.2 Å². The van der Waals surface area contributed by atoms with Crippen LogP contribution >= 0.6 is 0 Å². The van der Waals surface area contributed by atoms with Crippen molar-refractivity contribution >= 4 is 9.84 Å². The Balaban J connectivity index is 1.63. The predicted octanol–water partition coefficient (Wildman–Crippen LogP) is 1.56. The van der Waals surface area contributed by atoms with E-state index in [-0.39, 0.29) is 0 Å². The lowest BCUT2D eigenvalue weighted by Gasteiger charge is -2.21.